The minimum absolute atomic E-state index is 0.860. The van der Waals surface area contributed by atoms with Gasteiger partial charge in [-0.25, -0.2) is 19.9 Å². The second-order valence-corrected chi connectivity index (χ2v) is 7.91. The molecule has 158 valence electrons. The third-order valence-electron chi connectivity index (χ3n) is 5.68. The van der Waals surface area contributed by atoms with Gasteiger partial charge in [-0.05, 0) is 49.2 Å². The second kappa shape index (κ2) is 7.81. The SMILES string of the molecule is c1c[nH]c(-c2ccc3[nH]c(CCCCc4nc5cc(-c6ncc[nH]6)ccc5[nH]4)nc3c2)n1. The average molecular weight is 422 g/mol. The first-order chi connectivity index (χ1) is 15.8. The van der Waals surface area contributed by atoms with Gasteiger partial charge in [0.15, 0.2) is 0 Å². The lowest BCUT2D eigenvalue weighted by Crippen LogP contribution is -1.92. The van der Waals surface area contributed by atoms with Crippen molar-refractivity contribution in [2.24, 2.45) is 0 Å². The molecule has 0 saturated heterocycles. The summed E-state index contributed by atoms with van der Waals surface area (Å²) in [5.74, 6) is 3.76. The number of rotatable bonds is 7. The Labute approximate surface area is 183 Å². The van der Waals surface area contributed by atoms with E-state index in [1.165, 1.54) is 0 Å². The summed E-state index contributed by atoms with van der Waals surface area (Å²) in [6, 6.07) is 12.4. The number of aromatic amines is 4. The highest BCUT2D eigenvalue weighted by atomic mass is 14.9. The van der Waals surface area contributed by atoms with Crippen LogP contribution in [0.2, 0.25) is 0 Å². The highest BCUT2D eigenvalue weighted by molar-refractivity contribution is 5.81. The largest absolute Gasteiger partial charge is 0.345 e. The highest BCUT2D eigenvalue weighted by Gasteiger charge is 2.08. The number of H-pyrrole nitrogens is 4. The molecular weight excluding hydrogens is 400 g/mol. The van der Waals surface area contributed by atoms with E-state index in [4.69, 9.17) is 9.97 Å². The van der Waals surface area contributed by atoms with E-state index in [0.29, 0.717) is 0 Å². The first-order valence-electron chi connectivity index (χ1n) is 10.8. The molecule has 4 heterocycles. The molecule has 8 nitrogen and oxygen atoms in total. The summed E-state index contributed by atoms with van der Waals surface area (Å²) in [6.07, 6.45) is 11.1. The molecule has 4 N–H and O–H groups in total. The molecule has 2 aromatic carbocycles. The lowest BCUT2D eigenvalue weighted by Gasteiger charge is -1.97. The molecule has 0 unspecified atom stereocenters. The van der Waals surface area contributed by atoms with Gasteiger partial charge in [-0.3, -0.25) is 0 Å². The van der Waals surface area contributed by atoms with Gasteiger partial charge < -0.3 is 19.9 Å². The molecule has 4 aromatic heterocycles. The first-order valence-corrected chi connectivity index (χ1v) is 10.8. The van der Waals surface area contributed by atoms with E-state index < -0.39 is 0 Å². The van der Waals surface area contributed by atoms with E-state index >= 15 is 0 Å². The molecular formula is C24H22N8. The zero-order valence-corrected chi connectivity index (χ0v) is 17.4. The molecule has 0 saturated carbocycles. The maximum Gasteiger partial charge on any atom is 0.137 e. The van der Waals surface area contributed by atoms with Gasteiger partial charge in [-0.15, -0.1) is 0 Å². The predicted molar refractivity (Wildman–Crippen MR) is 124 cm³/mol. The van der Waals surface area contributed by atoms with Crippen LogP contribution in [0.4, 0.5) is 0 Å². The van der Waals surface area contributed by atoms with Gasteiger partial charge in [-0.2, -0.15) is 0 Å². The van der Waals surface area contributed by atoms with Crippen molar-refractivity contribution in [1.82, 2.24) is 39.9 Å². The van der Waals surface area contributed by atoms with Gasteiger partial charge >= 0.3 is 0 Å². The Morgan fingerprint density at radius 3 is 1.56 bits per heavy atom. The Balaban J connectivity index is 1.09. The number of fused-ring (bicyclic) bond motifs is 2. The standard InChI is InChI=1S/C24H22N8/c1(3-21-29-17-7-5-15(13-19(17)31-21)23-25-9-10-26-23)2-4-22-30-18-8-6-16(14-20(18)32-22)24-27-11-12-28-24/h5-14H,1-4H2,(H,25,26)(H,27,28)(H,29,31)(H,30,32). The lowest BCUT2D eigenvalue weighted by atomic mass is 10.2. The normalized spacial score (nSPS) is 11.6. The van der Waals surface area contributed by atoms with Crippen molar-refractivity contribution in [3.63, 3.8) is 0 Å². The molecule has 0 aliphatic rings. The predicted octanol–water partition coefficient (Wildman–Crippen LogP) is 4.78. The summed E-state index contributed by atoms with van der Waals surface area (Å²) in [4.78, 5) is 31.3. The van der Waals surface area contributed by atoms with Gasteiger partial charge in [0.25, 0.3) is 0 Å². The quantitative estimate of drug-likeness (QED) is 0.277. The summed E-state index contributed by atoms with van der Waals surface area (Å²) in [5.41, 5.74) is 6.14. The Hall–Kier alpha value is -4.20. The van der Waals surface area contributed by atoms with Gasteiger partial charge in [0.2, 0.25) is 0 Å². The van der Waals surface area contributed by atoms with Crippen LogP contribution in [0.25, 0.3) is 44.8 Å². The van der Waals surface area contributed by atoms with Crippen molar-refractivity contribution in [1.29, 1.82) is 0 Å². The van der Waals surface area contributed by atoms with E-state index in [1.807, 2.05) is 12.4 Å². The molecule has 8 heteroatoms. The van der Waals surface area contributed by atoms with Crippen LogP contribution in [0.3, 0.4) is 0 Å². The summed E-state index contributed by atoms with van der Waals surface area (Å²) in [7, 11) is 0. The Bertz CT molecular complexity index is 1360. The van der Waals surface area contributed by atoms with Crippen LogP contribution in [0.15, 0.2) is 61.2 Å². The van der Waals surface area contributed by atoms with Crippen molar-refractivity contribution < 1.29 is 0 Å². The van der Waals surface area contributed by atoms with Crippen molar-refractivity contribution in [3.8, 4) is 22.8 Å². The molecule has 0 bridgehead atoms. The molecule has 0 atom stereocenters. The number of benzene rings is 2. The second-order valence-electron chi connectivity index (χ2n) is 7.91. The molecule has 0 amide bonds. The number of hydrogen-bond donors (Lipinski definition) is 4. The van der Waals surface area contributed by atoms with Gasteiger partial charge in [0.05, 0.1) is 22.1 Å². The number of aromatic nitrogens is 8. The van der Waals surface area contributed by atoms with E-state index in [2.05, 4.69) is 66.3 Å². The number of nitrogens with zero attached hydrogens (tertiary/aromatic N) is 4. The Morgan fingerprint density at radius 1 is 0.625 bits per heavy atom. The highest BCUT2D eigenvalue weighted by Crippen LogP contribution is 2.22. The van der Waals surface area contributed by atoms with Crippen LogP contribution in [-0.2, 0) is 12.8 Å². The number of hydrogen-bond acceptors (Lipinski definition) is 4. The van der Waals surface area contributed by atoms with Crippen molar-refractivity contribution in [3.05, 3.63) is 72.8 Å². The number of unbranched alkanes of at least 4 members (excludes halogenated alkanes) is 1. The monoisotopic (exact) mass is 422 g/mol. The molecule has 6 aromatic rings. The van der Waals surface area contributed by atoms with Crippen molar-refractivity contribution in [2.45, 2.75) is 25.7 Å². The van der Waals surface area contributed by atoms with Crippen molar-refractivity contribution >= 4 is 22.1 Å². The summed E-state index contributed by atoms with van der Waals surface area (Å²) in [6.45, 7) is 0. The smallest absolute Gasteiger partial charge is 0.137 e. The van der Waals surface area contributed by atoms with Crippen LogP contribution in [-0.4, -0.2) is 39.9 Å². The zero-order valence-electron chi connectivity index (χ0n) is 17.4. The van der Waals surface area contributed by atoms with E-state index in [0.717, 1.165) is 82.2 Å². The molecule has 0 fully saturated rings. The number of imidazole rings is 4. The topological polar surface area (TPSA) is 115 Å². The Kier molecular flexibility index (Phi) is 4.53. The van der Waals surface area contributed by atoms with Crippen LogP contribution in [0.5, 0.6) is 0 Å². The summed E-state index contributed by atoms with van der Waals surface area (Å²) >= 11 is 0. The third kappa shape index (κ3) is 3.56. The minimum Gasteiger partial charge on any atom is -0.345 e. The van der Waals surface area contributed by atoms with Crippen LogP contribution < -0.4 is 0 Å². The molecule has 32 heavy (non-hydrogen) atoms. The fourth-order valence-corrected chi connectivity index (χ4v) is 4.08. The average Bonchev–Trinajstić information content (AvgIpc) is 3.61. The molecule has 6 rings (SSSR count). The van der Waals surface area contributed by atoms with E-state index in [1.54, 1.807) is 12.4 Å². The van der Waals surface area contributed by atoms with Crippen LogP contribution in [0, 0.1) is 0 Å². The van der Waals surface area contributed by atoms with Gasteiger partial charge in [0.1, 0.15) is 23.3 Å². The van der Waals surface area contributed by atoms with Gasteiger partial charge in [0, 0.05) is 48.8 Å². The van der Waals surface area contributed by atoms with E-state index in [9.17, 15) is 0 Å². The fraction of sp³-hybridized carbons (Fsp3) is 0.167. The fourth-order valence-electron chi connectivity index (χ4n) is 4.08. The van der Waals surface area contributed by atoms with Crippen molar-refractivity contribution in [2.75, 3.05) is 0 Å². The third-order valence-corrected chi connectivity index (χ3v) is 5.68. The maximum absolute atomic E-state index is 4.77. The van der Waals surface area contributed by atoms with Crippen LogP contribution in [0.1, 0.15) is 24.5 Å². The summed E-state index contributed by atoms with van der Waals surface area (Å²) < 4.78 is 0. The molecule has 0 radical (unpaired) electrons. The first kappa shape index (κ1) is 18.6. The molecule has 0 spiro atoms. The molecule has 0 aliphatic heterocycles. The Morgan fingerprint density at radius 2 is 1.12 bits per heavy atom. The number of aryl methyl sites for hydroxylation is 2. The summed E-state index contributed by atoms with van der Waals surface area (Å²) in [5, 5.41) is 0. The van der Waals surface area contributed by atoms with E-state index in [-0.39, 0.29) is 0 Å². The van der Waals surface area contributed by atoms with Crippen LogP contribution >= 0.6 is 0 Å². The van der Waals surface area contributed by atoms with Gasteiger partial charge in [-0.1, -0.05) is 0 Å². The lowest BCUT2D eigenvalue weighted by molar-refractivity contribution is 0.698. The maximum atomic E-state index is 4.77. The molecule has 0 aliphatic carbocycles. The zero-order chi connectivity index (χ0) is 21.3. The number of nitrogens with one attached hydrogen (secondary N) is 4. The minimum atomic E-state index is 0.860.